The van der Waals surface area contributed by atoms with Crippen LogP contribution < -0.4 is 0 Å². The van der Waals surface area contributed by atoms with Gasteiger partial charge in [0.05, 0.1) is 0 Å². The van der Waals surface area contributed by atoms with E-state index in [1.54, 1.807) is 13.1 Å². The fourth-order valence-corrected chi connectivity index (χ4v) is 1.50. The van der Waals surface area contributed by atoms with Crippen molar-refractivity contribution in [3.8, 4) is 11.8 Å². The van der Waals surface area contributed by atoms with Gasteiger partial charge in [0.2, 0.25) is 0 Å². The van der Waals surface area contributed by atoms with E-state index in [9.17, 15) is 4.79 Å². The molecule has 0 N–H and O–H groups in total. The number of carbonyl (C=O) groups is 1. The predicted octanol–water partition coefficient (Wildman–Crippen LogP) is 2.41. The minimum absolute atomic E-state index is 0.144. The Bertz CT molecular complexity index is 404. The van der Waals surface area contributed by atoms with Crippen LogP contribution in [0.1, 0.15) is 24.6 Å². The summed E-state index contributed by atoms with van der Waals surface area (Å²) in [6.07, 6.45) is 2.46. The molecule has 0 saturated heterocycles. The lowest BCUT2D eigenvalue weighted by atomic mass is 10.2. The van der Waals surface area contributed by atoms with Gasteiger partial charge in [0.1, 0.15) is 5.69 Å². The average Bonchev–Trinajstić information content (AvgIpc) is 2.20. The van der Waals surface area contributed by atoms with Gasteiger partial charge in [-0.3, -0.25) is 4.79 Å². The number of thioether (sulfide) groups is 1. The van der Waals surface area contributed by atoms with Crippen molar-refractivity contribution in [2.75, 3.05) is 5.75 Å². The van der Waals surface area contributed by atoms with Crippen LogP contribution in [0.4, 0.5) is 0 Å². The van der Waals surface area contributed by atoms with Gasteiger partial charge in [-0.25, -0.2) is 4.98 Å². The van der Waals surface area contributed by atoms with Gasteiger partial charge in [0, 0.05) is 25.3 Å². The first-order chi connectivity index (χ1) is 7.20. The van der Waals surface area contributed by atoms with Crippen molar-refractivity contribution in [2.45, 2.75) is 20.3 Å². The van der Waals surface area contributed by atoms with Gasteiger partial charge in [-0.1, -0.05) is 23.7 Å². The van der Waals surface area contributed by atoms with Crippen molar-refractivity contribution in [3.05, 3.63) is 29.6 Å². The molecule has 0 atom stereocenters. The Balaban J connectivity index is 2.45. The third-order valence-corrected chi connectivity index (χ3v) is 2.56. The Morgan fingerprint density at radius 3 is 3.07 bits per heavy atom. The molecule has 15 heavy (non-hydrogen) atoms. The van der Waals surface area contributed by atoms with E-state index in [4.69, 9.17) is 0 Å². The highest BCUT2D eigenvalue weighted by Crippen LogP contribution is 2.03. The summed E-state index contributed by atoms with van der Waals surface area (Å²) in [5.41, 5.74) is 1.91. The van der Waals surface area contributed by atoms with Crippen LogP contribution in [0.5, 0.6) is 0 Å². The molecule has 0 spiro atoms. The minimum Gasteiger partial charge on any atom is -0.288 e. The summed E-state index contributed by atoms with van der Waals surface area (Å²) in [7, 11) is 0. The highest BCUT2D eigenvalue weighted by molar-refractivity contribution is 8.13. The number of hydrogen-bond donors (Lipinski definition) is 0. The molecule has 0 aliphatic carbocycles. The maximum Gasteiger partial charge on any atom is 0.185 e. The number of carbonyl (C=O) groups excluding carboxylic acids is 1. The van der Waals surface area contributed by atoms with E-state index in [1.165, 1.54) is 11.8 Å². The van der Waals surface area contributed by atoms with Crippen LogP contribution in [-0.2, 0) is 4.79 Å². The van der Waals surface area contributed by atoms with Crippen molar-refractivity contribution in [1.29, 1.82) is 0 Å². The molecule has 1 aromatic rings. The van der Waals surface area contributed by atoms with Gasteiger partial charge in [-0.2, -0.15) is 0 Å². The maximum atomic E-state index is 10.6. The van der Waals surface area contributed by atoms with Crippen LogP contribution in [0, 0.1) is 18.8 Å². The van der Waals surface area contributed by atoms with Crippen LogP contribution >= 0.6 is 11.8 Å². The van der Waals surface area contributed by atoms with E-state index >= 15 is 0 Å². The van der Waals surface area contributed by atoms with Crippen LogP contribution in [0.3, 0.4) is 0 Å². The Hall–Kier alpha value is -1.27. The summed E-state index contributed by atoms with van der Waals surface area (Å²) in [5, 5.41) is 0.144. The van der Waals surface area contributed by atoms with Gasteiger partial charge in [0.25, 0.3) is 0 Å². The molecule has 0 saturated carbocycles. The normalized spacial score (nSPS) is 9.20. The first-order valence-electron chi connectivity index (χ1n) is 4.74. The van der Waals surface area contributed by atoms with E-state index in [1.807, 2.05) is 19.1 Å². The molecule has 1 aromatic heterocycles. The lowest BCUT2D eigenvalue weighted by Crippen LogP contribution is -1.87. The molecule has 1 heterocycles. The molecule has 0 unspecified atom stereocenters. The van der Waals surface area contributed by atoms with E-state index in [0.29, 0.717) is 0 Å². The molecule has 3 heteroatoms. The van der Waals surface area contributed by atoms with Crippen LogP contribution in [-0.4, -0.2) is 15.9 Å². The standard InChI is InChI=1S/C12H13NOS/c1-10-6-5-8-13-12(10)7-3-4-9-15-11(2)14/h5-6,8H,4,9H2,1-2H3. The second-order valence-corrected chi connectivity index (χ2v) is 4.33. The van der Waals surface area contributed by atoms with Gasteiger partial charge in [-0.05, 0) is 24.5 Å². The number of hydrogen-bond acceptors (Lipinski definition) is 3. The Labute approximate surface area is 94.5 Å². The summed E-state index contributed by atoms with van der Waals surface area (Å²) < 4.78 is 0. The van der Waals surface area contributed by atoms with Crippen molar-refractivity contribution in [2.24, 2.45) is 0 Å². The topological polar surface area (TPSA) is 30.0 Å². The molecule has 0 aromatic carbocycles. The molecule has 78 valence electrons. The molecular formula is C12H13NOS. The number of aryl methyl sites for hydroxylation is 1. The van der Waals surface area contributed by atoms with E-state index in [2.05, 4.69) is 16.8 Å². The average molecular weight is 219 g/mol. The van der Waals surface area contributed by atoms with E-state index < -0.39 is 0 Å². The summed E-state index contributed by atoms with van der Waals surface area (Å²) in [6, 6.07) is 3.88. The van der Waals surface area contributed by atoms with Crippen molar-refractivity contribution < 1.29 is 4.79 Å². The van der Waals surface area contributed by atoms with E-state index in [0.717, 1.165) is 23.4 Å². The minimum atomic E-state index is 0.144. The molecule has 1 rings (SSSR count). The van der Waals surface area contributed by atoms with Crippen molar-refractivity contribution in [1.82, 2.24) is 4.98 Å². The first kappa shape index (κ1) is 11.8. The Kier molecular flexibility index (Phi) is 4.92. The molecule has 0 bridgehead atoms. The predicted molar refractivity (Wildman–Crippen MR) is 63.6 cm³/mol. The maximum absolute atomic E-state index is 10.6. The second-order valence-electron chi connectivity index (χ2n) is 3.06. The highest BCUT2D eigenvalue weighted by atomic mass is 32.2. The van der Waals surface area contributed by atoms with Crippen LogP contribution in [0.25, 0.3) is 0 Å². The van der Waals surface area contributed by atoms with Gasteiger partial charge in [0.15, 0.2) is 5.12 Å². The monoisotopic (exact) mass is 219 g/mol. The summed E-state index contributed by atoms with van der Waals surface area (Å²) in [6.45, 7) is 3.56. The number of pyridine rings is 1. The van der Waals surface area contributed by atoms with Crippen LogP contribution in [0.15, 0.2) is 18.3 Å². The second kappa shape index (κ2) is 6.26. The third-order valence-electron chi connectivity index (χ3n) is 1.75. The zero-order chi connectivity index (χ0) is 11.1. The lowest BCUT2D eigenvalue weighted by molar-refractivity contribution is -0.109. The number of aromatic nitrogens is 1. The molecular weight excluding hydrogens is 206 g/mol. The summed E-state index contributed by atoms with van der Waals surface area (Å²) >= 11 is 1.31. The summed E-state index contributed by atoms with van der Waals surface area (Å²) in [5.74, 6) is 6.77. The quantitative estimate of drug-likeness (QED) is 0.565. The van der Waals surface area contributed by atoms with Gasteiger partial charge in [-0.15, -0.1) is 0 Å². The third kappa shape index (κ3) is 4.66. The van der Waals surface area contributed by atoms with Gasteiger partial charge >= 0.3 is 0 Å². The molecule has 2 nitrogen and oxygen atoms in total. The molecule has 0 aliphatic heterocycles. The van der Waals surface area contributed by atoms with Crippen LogP contribution in [0.2, 0.25) is 0 Å². The number of rotatable bonds is 2. The zero-order valence-electron chi connectivity index (χ0n) is 8.91. The zero-order valence-corrected chi connectivity index (χ0v) is 9.73. The summed E-state index contributed by atoms with van der Waals surface area (Å²) in [4.78, 5) is 14.8. The fourth-order valence-electron chi connectivity index (χ4n) is 1.01. The van der Waals surface area contributed by atoms with Crippen molar-refractivity contribution in [3.63, 3.8) is 0 Å². The first-order valence-corrected chi connectivity index (χ1v) is 5.72. The molecule has 0 aliphatic rings. The molecule has 0 fully saturated rings. The van der Waals surface area contributed by atoms with Gasteiger partial charge < -0.3 is 0 Å². The van der Waals surface area contributed by atoms with Crippen molar-refractivity contribution >= 4 is 16.9 Å². The Morgan fingerprint density at radius 1 is 1.60 bits per heavy atom. The largest absolute Gasteiger partial charge is 0.288 e. The fraction of sp³-hybridized carbons (Fsp3) is 0.333. The Morgan fingerprint density at radius 2 is 2.40 bits per heavy atom. The number of nitrogens with zero attached hydrogens (tertiary/aromatic N) is 1. The van der Waals surface area contributed by atoms with E-state index in [-0.39, 0.29) is 5.12 Å². The lowest BCUT2D eigenvalue weighted by Gasteiger charge is -1.93. The molecule has 0 radical (unpaired) electrons. The molecule has 0 amide bonds. The SMILES string of the molecule is CC(=O)SCCC#Cc1ncccc1C. The smallest absolute Gasteiger partial charge is 0.185 e. The highest BCUT2D eigenvalue weighted by Gasteiger charge is 1.93.